The molecule has 1 saturated heterocycles. The number of carbonyl (C=O) groups is 2. The van der Waals surface area contributed by atoms with Crippen molar-refractivity contribution in [1.82, 2.24) is 9.55 Å². The first-order chi connectivity index (χ1) is 14.7. The maximum absolute atomic E-state index is 12.5. The molecule has 0 saturated carbocycles. The average Bonchev–Trinajstić information content (AvgIpc) is 3.06. The molecule has 1 aromatic rings. The molecule has 0 aliphatic carbocycles. The Labute approximate surface area is 181 Å². The molecule has 2 rings (SSSR count). The zero-order chi connectivity index (χ0) is 24.3. The predicted octanol–water partition coefficient (Wildman–Crippen LogP) is 0.487. The predicted molar refractivity (Wildman–Crippen MR) is 104 cm³/mol. The van der Waals surface area contributed by atoms with Crippen LogP contribution in [0.2, 0.25) is 0 Å². The zero-order valence-corrected chi connectivity index (χ0v) is 17.6. The number of alkyl halides is 3. The van der Waals surface area contributed by atoms with Crippen LogP contribution in [0.15, 0.2) is 11.0 Å². The Morgan fingerprint density at radius 1 is 1.31 bits per heavy atom. The smallest absolute Gasteiger partial charge is 0.459 e. The van der Waals surface area contributed by atoms with Crippen molar-refractivity contribution in [3.8, 4) is 11.8 Å². The van der Waals surface area contributed by atoms with Crippen LogP contribution in [0.1, 0.15) is 39.0 Å². The third kappa shape index (κ3) is 6.21. The van der Waals surface area contributed by atoms with Gasteiger partial charge in [0.1, 0.15) is 30.9 Å². The van der Waals surface area contributed by atoms with Gasteiger partial charge in [-0.1, -0.05) is 11.8 Å². The van der Waals surface area contributed by atoms with E-state index in [1.54, 1.807) is 20.8 Å². The summed E-state index contributed by atoms with van der Waals surface area (Å²) < 4.78 is 53.7. The van der Waals surface area contributed by atoms with Crippen molar-refractivity contribution >= 4 is 17.8 Å². The molecule has 1 aliphatic rings. The molecule has 1 fully saturated rings. The first-order valence-electron chi connectivity index (χ1n) is 9.42. The van der Waals surface area contributed by atoms with Gasteiger partial charge in [0.05, 0.1) is 17.5 Å². The molecule has 0 aromatic carbocycles. The minimum Gasteiger partial charge on any atom is -0.459 e. The Balaban J connectivity index is 2.31. The van der Waals surface area contributed by atoms with E-state index >= 15 is 0 Å². The van der Waals surface area contributed by atoms with Crippen LogP contribution in [-0.2, 0) is 23.8 Å². The van der Waals surface area contributed by atoms with Crippen molar-refractivity contribution in [2.45, 2.75) is 51.8 Å². The van der Waals surface area contributed by atoms with Crippen LogP contribution in [-0.4, -0.2) is 53.0 Å². The number of halogens is 3. The lowest BCUT2D eigenvalue weighted by molar-refractivity contribution is -0.204. The number of nitrogens with zero attached hydrogens (tertiary/aromatic N) is 2. The standard InChI is InChI=1S/C19H23F3N4O6/c1-18(2,3)15(27)32-11-7-13(31-12(11)9-30-16(28)19(20,21)22)26-8-10(5-4-6-23)14(24)25-17(26)29/h8,11-13H,6-7,9,23H2,1-3H3,(H2,24,25,29)/t11-,12+,13+/m0/s1. The number of rotatable bonds is 4. The average molecular weight is 460 g/mol. The number of carbonyl (C=O) groups excluding carboxylic acids is 2. The van der Waals surface area contributed by atoms with Gasteiger partial charge in [0, 0.05) is 12.6 Å². The summed E-state index contributed by atoms with van der Waals surface area (Å²) in [6.45, 7) is 3.91. The van der Waals surface area contributed by atoms with Gasteiger partial charge >= 0.3 is 23.8 Å². The first kappa shape index (κ1) is 25.2. The van der Waals surface area contributed by atoms with Gasteiger partial charge in [0.15, 0.2) is 0 Å². The van der Waals surface area contributed by atoms with E-state index in [2.05, 4.69) is 21.6 Å². The Morgan fingerprint density at radius 2 is 1.97 bits per heavy atom. The minimum absolute atomic E-state index is 0.0238. The van der Waals surface area contributed by atoms with Crippen LogP contribution < -0.4 is 17.2 Å². The van der Waals surface area contributed by atoms with Crippen LogP contribution in [0.5, 0.6) is 0 Å². The summed E-state index contributed by atoms with van der Waals surface area (Å²) in [6, 6.07) is 0. The van der Waals surface area contributed by atoms with Gasteiger partial charge in [0.25, 0.3) is 0 Å². The van der Waals surface area contributed by atoms with Crippen molar-refractivity contribution in [2.24, 2.45) is 11.1 Å². The molecule has 10 nitrogen and oxygen atoms in total. The molecular formula is C19H23F3N4O6. The third-order valence-electron chi connectivity index (χ3n) is 4.28. The van der Waals surface area contributed by atoms with Crippen molar-refractivity contribution in [3.05, 3.63) is 22.2 Å². The summed E-state index contributed by atoms with van der Waals surface area (Å²) in [5.41, 5.74) is 9.44. The molecule has 0 spiro atoms. The highest BCUT2D eigenvalue weighted by Gasteiger charge is 2.45. The molecule has 176 valence electrons. The second kappa shape index (κ2) is 9.58. The monoisotopic (exact) mass is 460 g/mol. The highest BCUT2D eigenvalue weighted by Crippen LogP contribution is 2.32. The van der Waals surface area contributed by atoms with Crippen LogP contribution >= 0.6 is 0 Å². The first-order valence-corrected chi connectivity index (χ1v) is 9.42. The van der Waals surface area contributed by atoms with Gasteiger partial charge < -0.3 is 25.7 Å². The molecule has 0 radical (unpaired) electrons. The van der Waals surface area contributed by atoms with Crippen LogP contribution in [0.25, 0.3) is 0 Å². The maximum Gasteiger partial charge on any atom is 0.490 e. The fraction of sp³-hybridized carbons (Fsp3) is 0.579. The minimum atomic E-state index is -5.20. The number of aromatic nitrogens is 2. The lowest BCUT2D eigenvalue weighted by Crippen LogP contribution is -2.37. The van der Waals surface area contributed by atoms with E-state index in [9.17, 15) is 27.6 Å². The molecule has 1 aliphatic heterocycles. The topological polar surface area (TPSA) is 149 Å². The number of ether oxygens (including phenoxy) is 3. The fourth-order valence-corrected chi connectivity index (χ4v) is 2.63. The van der Waals surface area contributed by atoms with E-state index in [4.69, 9.17) is 20.9 Å². The van der Waals surface area contributed by atoms with Crippen molar-refractivity contribution in [2.75, 3.05) is 18.9 Å². The van der Waals surface area contributed by atoms with Crippen molar-refractivity contribution in [1.29, 1.82) is 0 Å². The van der Waals surface area contributed by atoms with Gasteiger partial charge in [-0.2, -0.15) is 18.2 Å². The molecule has 0 amide bonds. The quantitative estimate of drug-likeness (QED) is 0.483. The number of hydrogen-bond donors (Lipinski definition) is 2. The number of nitrogens with two attached hydrogens (primary N) is 2. The summed E-state index contributed by atoms with van der Waals surface area (Å²) in [6.07, 6.45) is -7.53. The molecular weight excluding hydrogens is 437 g/mol. The van der Waals surface area contributed by atoms with Gasteiger partial charge in [-0.25, -0.2) is 9.59 Å². The number of hydrogen-bond acceptors (Lipinski definition) is 9. The van der Waals surface area contributed by atoms with Gasteiger partial charge in [0.2, 0.25) is 0 Å². The summed E-state index contributed by atoms with van der Waals surface area (Å²) in [5, 5.41) is 0. The highest BCUT2D eigenvalue weighted by atomic mass is 19.4. The molecule has 32 heavy (non-hydrogen) atoms. The molecule has 3 atom stereocenters. The van der Waals surface area contributed by atoms with Crippen LogP contribution in [0.3, 0.4) is 0 Å². The number of esters is 2. The maximum atomic E-state index is 12.5. The Kier molecular flexibility index (Phi) is 7.53. The summed E-state index contributed by atoms with van der Waals surface area (Å²) in [4.78, 5) is 39.4. The number of anilines is 1. The Morgan fingerprint density at radius 3 is 2.53 bits per heavy atom. The van der Waals surface area contributed by atoms with Gasteiger partial charge in [-0.15, -0.1) is 0 Å². The second-order valence-corrected chi connectivity index (χ2v) is 7.89. The van der Waals surface area contributed by atoms with E-state index < -0.39 is 54.3 Å². The fourth-order valence-electron chi connectivity index (χ4n) is 2.63. The Bertz CT molecular complexity index is 990. The van der Waals surface area contributed by atoms with Gasteiger partial charge in [-0.3, -0.25) is 9.36 Å². The van der Waals surface area contributed by atoms with Crippen molar-refractivity contribution < 1.29 is 37.0 Å². The molecule has 0 unspecified atom stereocenters. The number of nitrogen functional groups attached to an aromatic ring is 1. The summed E-state index contributed by atoms with van der Waals surface area (Å²) in [5.74, 6) is 1.98. The van der Waals surface area contributed by atoms with Crippen LogP contribution in [0, 0.1) is 17.3 Å². The van der Waals surface area contributed by atoms with Crippen molar-refractivity contribution in [3.63, 3.8) is 0 Å². The SMILES string of the molecule is CC(C)(C)C(=O)O[C@H]1C[C@H](n2cc(C#CCN)c(N)nc2=O)O[C@@H]1COC(=O)C(F)(F)F. The third-order valence-corrected chi connectivity index (χ3v) is 4.28. The molecule has 13 heteroatoms. The highest BCUT2D eigenvalue weighted by molar-refractivity contribution is 5.76. The van der Waals surface area contributed by atoms with E-state index in [-0.39, 0.29) is 24.3 Å². The second-order valence-electron chi connectivity index (χ2n) is 7.89. The molecule has 2 heterocycles. The lowest BCUT2D eigenvalue weighted by Gasteiger charge is -2.23. The van der Waals surface area contributed by atoms with Crippen LogP contribution in [0.4, 0.5) is 19.0 Å². The Hall–Kier alpha value is -3.11. The zero-order valence-electron chi connectivity index (χ0n) is 17.6. The van der Waals surface area contributed by atoms with E-state index in [1.165, 1.54) is 6.20 Å². The summed E-state index contributed by atoms with van der Waals surface area (Å²) in [7, 11) is 0. The van der Waals surface area contributed by atoms with E-state index in [1.807, 2.05) is 0 Å². The molecule has 0 bridgehead atoms. The lowest BCUT2D eigenvalue weighted by atomic mass is 9.97. The normalized spacial score (nSPS) is 20.9. The summed E-state index contributed by atoms with van der Waals surface area (Å²) >= 11 is 0. The largest absolute Gasteiger partial charge is 0.490 e. The molecule has 4 N–H and O–H groups in total. The van der Waals surface area contributed by atoms with Gasteiger partial charge in [-0.05, 0) is 20.8 Å². The molecule has 1 aromatic heterocycles. The van der Waals surface area contributed by atoms with E-state index in [0.717, 1.165) is 4.57 Å². The van der Waals surface area contributed by atoms with E-state index in [0.29, 0.717) is 0 Å².